The van der Waals surface area contributed by atoms with Crippen molar-refractivity contribution in [2.45, 2.75) is 51.3 Å². The third kappa shape index (κ3) is 4.56. The van der Waals surface area contributed by atoms with Crippen LogP contribution in [0.15, 0.2) is 17.0 Å². The molecule has 0 amide bonds. The summed E-state index contributed by atoms with van der Waals surface area (Å²) in [4.78, 5) is 2.88. The third-order valence-electron chi connectivity index (χ3n) is 5.80. The van der Waals surface area contributed by atoms with Gasteiger partial charge in [0.05, 0.1) is 11.5 Å². The van der Waals surface area contributed by atoms with Crippen LogP contribution in [0.2, 0.25) is 0 Å². The predicted molar refractivity (Wildman–Crippen MR) is 109 cm³/mol. The van der Waals surface area contributed by atoms with E-state index in [0.717, 1.165) is 50.4 Å². The number of hydrogen-bond donors (Lipinski definition) is 0. The first-order valence-corrected chi connectivity index (χ1v) is 11.4. The van der Waals surface area contributed by atoms with Crippen LogP contribution in [0.5, 0.6) is 0 Å². The quantitative estimate of drug-likeness (QED) is 0.788. The van der Waals surface area contributed by atoms with E-state index in [4.69, 9.17) is 4.74 Å². The lowest BCUT2D eigenvalue weighted by molar-refractivity contribution is 0.143. The zero-order chi connectivity index (χ0) is 19.8. The molecule has 3 rings (SSSR count). The molecule has 1 aromatic carbocycles. The summed E-state index contributed by atoms with van der Waals surface area (Å²) in [5.41, 5.74) is 2.89. The Labute approximate surface area is 164 Å². The van der Waals surface area contributed by atoms with E-state index in [1.807, 2.05) is 26.0 Å². The second-order valence-corrected chi connectivity index (χ2v) is 11.0. The Hall–Kier alpha value is -0.950. The highest BCUT2D eigenvalue weighted by Gasteiger charge is 2.32. The minimum atomic E-state index is -3.45. The molecular formula is C21H34N2O3S. The van der Waals surface area contributed by atoms with Gasteiger partial charge in [-0.1, -0.05) is 32.9 Å². The molecule has 0 aromatic heterocycles. The Morgan fingerprint density at radius 3 is 2.15 bits per heavy atom. The summed E-state index contributed by atoms with van der Waals surface area (Å²) in [7, 11) is -3.45. The molecule has 1 aromatic rings. The van der Waals surface area contributed by atoms with Gasteiger partial charge in [0.15, 0.2) is 0 Å². The van der Waals surface area contributed by atoms with E-state index < -0.39 is 10.0 Å². The molecular weight excluding hydrogens is 360 g/mol. The molecule has 152 valence electrons. The molecule has 5 nitrogen and oxygen atoms in total. The zero-order valence-electron chi connectivity index (χ0n) is 17.4. The van der Waals surface area contributed by atoms with E-state index in [2.05, 4.69) is 25.7 Å². The van der Waals surface area contributed by atoms with Gasteiger partial charge in [-0.05, 0) is 48.3 Å². The van der Waals surface area contributed by atoms with Gasteiger partial charge >= 0.3 is 0 Å². The molecule has 27 heavy (non-hydrogen) atoms. The van der Waals surface area contributed by atoms with E-state index in [9.17, 15) is 8.42 Å². The van der Waals surface area contributed by atoms with Crippen molar-refractivity contribution in [3.63, 3.8) is 0 Å². The third-order valence-corrected chi connectivity index (χ3v) is 8.00. The summed E-state index contributed by atoms with van der Waals surface area (Å²) in [5, 5.41) is 0. The molecule has 1 atom stereocenters. The number of nitrogens with zero attached hydrogens (tertiary/aromatic N) is 2. The average molecular weight is 395 g/mol. The van der Waals surface area contributed by atoms with Crippen LogP contribution in [-0.2, 0) is 20.2 Å². The first-order valence-electron chi connectivity index (χ1n) is 10.0. The van der Waals surface area contributed by atoms with Crippen LogP contribution in [0.4, 0.5) is 0 Å². The number of hydrogen-bond acceptors (Lipinski definition) is 4. The molecule has 0 radical (unpaired) electrons. The van der Waals surface area contributed by atoms with Crippen molar-refractivity contribution in [1.29, 1.82) is 0 Å². The number of aryl methyl sites for hydroxylation is 2. The summed E-state index contributed by atoms with van der Waals surface area (Å²) >= 11 is 0. The van der Waals surface area contributed by atoms with Crippen LogP contribution in [0.3, 0.4) is 0 Å². The molecule has 2 aliphatic rings. The number of benzene rings is 1. The Balaban J connectivity index is 1.73. The van der Waals surface area contributed by atoms with Crippen molar-refractivity contribution >= 4 is 10.0 Å². The lowest BCUT2D eigenvalue weighted by atomic mass is 9.85. The van der Waals surface area contributed by atoms with Crippen LogP contribution in [0, 0.1) is 19.8 Å². The van der Waals surface area contributed by atoms with E-state index in [-0.39, 0.29) is 5.41 Å². The molecule has 6 heteroatoms. The number of sulfonamides is 1. The number of piperazine rings is 1. The summed E-state index contributed by atoms with van der Waals surface area (Å²) < 4.78 is 33.8. The topological polar surface area (TPSA) is 49.9 Å². The monoisotopic (exact) mass is 394 g/mol. The van der Waals surface area contributed by atoms with Crippen molar-refractivity contribution in [1.82, 2.24) is 9.21 Å². The maximum Gasteiger partial charge on any atom is 0.243 e. The molecule has 2 aliphatic heterocycles. The standard InChI is InChI=1S/C21H34N2O3S/c1-16-12-19(21(3,4)5)13-17(2)20(16)27(24,25)23-9-7-22(8-10-23)14-18-6-11-26-15-18/h12-13,18H,6-11,14-15H2,1-5H3. The summed E-state index contributed by atoms with van der Waals surface area (Å²) in [6.07, 6.45) is 1.12. The predicted octanol–water partition coefficient (Wildman–Crippen LogP) is 2.94. The van der Waals surface area contributed by atoms with Gasteiger partial charge in [-0.3, -0.25) is 0 Å². The van der Waals surface area contributed by atoms with E-state index in [1.165, 1.54) is 5.56 Å². The van der Waals surface area contributed by atoms with Gasteiger partial charge < -0.3 is 9.64 Å². The van der Waals surface area contributed by atoms with Gasteiger partial charge in [0.2, 0.25) is 10.0 Å². The van der Waals surface area contributed by atoms with Gasteiger partial charge in [-0.2, -0.15) is 4.31 Å². The smallest absolute Gasteiger partial charge is 0.243 e. The lowest BCUT2D eigenvalue weighted by Gasteiger charge is -2.35. The SMILES string of the molecule is Cc1cc(C(C)(C)C)cc(C)c1S(=O)(=O)N1CCN(CC2CCOC2)CC1. The Bertz CT molecular complexity index is 746. The first-order chi connectivity index (χ1) is 12.6. The fraction of sp³-hybridized carbons (Fsp3) is 0.714. The highest BCUT2D eigenvalue weighted by Crippen LogP contribution is 2.31. The summed E-state index contributed by atoms with van der Waals surface area (Å²) in [6.45, 7) is 15.8. The molecule has 0 aliphatic carbocycles. The average Bonchev–Trinajstić information content (AvgIpc) is 3.06. The summed E-state index contributed by atoms with van der Waals surface area (Å²) in [6, 6.07) is 4.08. The van der Waals surface area contributed by atoms with Crippen LogP contribution in [-0.4, -0.2) is 63.6 Å². The van der Waals surface area contributed by atoms with E-state index in [1.54, 1.807) is 4.31 Å². The zero-order valence-corrected chi connectivity index (χ0v) is 18.2. The van der Waals surface area contributed by atoms with Crippen molar-refractivity contribution < 1.29 is 13.2 Å². The lowest BCUT2D eigenvalue weighted by Crippen LogP contribution is -2.49. The maximum absolute atomic E-state index is 13.3. The molecule has 0 bridgehead atoms. The van der Waals surface area contributed by atoms with Crippen molar-refractivity contribution in [2.24, 2.45) is 5.92 Å². The van der Waals surface area contributed by atoms with Gasteiger partial charge in [-0.25, -0.2) is 8.42 Å². The van der Waals surface area contributed by atoms with Crippen LogP contribution in [0.25, 0.3) is 0 Å². The van der Waals surface area contributed by atoms with E-state index in [0.29, 0.717) is 23.9 Å². The minimum Gasteiger partial charge on any atom is -0.381 e. The van der Waals surface area contributed by atoms with Crippen molar-refractivity contribution in [2.75, 3.05) is 45.9 Å². The fourth-order valence-corrected chi connectivity index (χ4v) is 6.00. The second kappa shape index (κ2) is 7.82. The molecule has 1 unspecified atom stereocenters. The first kappa shape index (κ1) is 20.8. The molecule has 2 saturated heterocycles. The van der Waals surface area contributed by atoms with Crippen LogP contribution in [0.1, 0.15) is 43.9 Å². The molecule has 2 heterocycles. The maximum atomic E-state index is 13.3. The van der Waals surface area contributed by atoms with Crippen molar-refractivity contribution in [3.05, 3.63) is 28.8 Å². The van der Waals surface area contributed by atoms with Gasteiger partial charge in [0, 0.05) is 39.3 Å². The van der Waals surface area contributed by atoms with Gasteiger partial charge in [-0.15, -0.1) is 0 Å². The Morgan fingerprint density at radius 1 is 1.07 bits per heavy atom. The van der Waals surface area contributed by atoms with Crippen LogP contribution < -0.4 is 0 Å². The molecule has 0 N–H and O–H groups in total. The summed E-state index contributed by atoms with van der Waals surface area (Å²) in [5.74, 6) is 0.600. The normalized spacial score (nSPS) is 23.1. The largest absolute Gasteiger partial charge is 0.381 e. The van der Waals surface area contributed by atoms with E-state index >= 15 is 0 Å². The van der Waals surface area contributed by atoms with Crippen LogP contribution >= 0.6 is 0 Å². The van der Waals surface area contributed by atoms with Gasteiger partial charge in [0.1, 0.15) is 0 Å². The Morgan fingerprint density at radius 2 is 1.67 bits per heavy atom. The number of ether oxygens (including phenoxy) is 1. The number of rotatable bonds is 4. The Kier molecular flexibility index (Phi) is 6.02. The minimum absolute atomic E-state index is 0.00733. The molecule has 0 spiro atoms. The molecule has 2 fully saturated rings. The highest BCUT2D eigenvalue weighted by molar-refractivity contribution is 7.89. The molecule has 0 saturated carbocycles. The second-order valence-electron chi connectivity index (χ2n) is 9.12. The van der Waals surface area contributed by atoms with Gasteiger partial charge in [0.25, 0.3) is 0 Å². The fourth-order valence-electron chi connectivity index (χ4n) is 4.16. The van der Waals surface area contributed by atoms with Crippen molar-refractivity contribution in [3.8, 4) is 0 Å². The highest BCUT2D eigenvalue weighted by atomic mass is 32.2.